The molecule has 0 bridgehead atoms. The minimum absolute atomic E-state index is 0.108. The van der Waals surface area contributed by atoms with Gasteiger partial charge in [0, 0.05) is 18.5 Å². The Balaban J connectivity index is 1.97. The molecule has 1 fully saturated rings. The first kappa shape index (κ1) is 10.7. The minimum atomic E-state index is -0.221. The molecular weight excluding hydrogens is 238 g/mol. The lowest BCUT2D eigenvalue weighted by Gasteiger charge is -2.31. The van der Waals surface area contributed by atoms with Crippen LogP contribution in [0.3, 0.4) is 0 Å². The molecule has 4 rings (SSSR count). The summed E-state index contributed by atoms with van der Waals surface area (Å²) in [7, 11) is 0. The van der Waals surface area contributed by atoms with E-state index in [4.69, 9.17) is 0 Å². The molecule has 19 heavy (non-hydrogen) atoms. The summed E-state index contributed by atoms with van der Waals surface area (Å²) >= 11 is 0. The summed E-state index contributed by atoms with van der Waals surface area (Å²) in [5.41, 5.74) is 1.81. The molecule has 0 spiro atoms. The molecule has 0 radical (unpaired) electrons. The molecular formula is C16H13NO2. The molecule has 0 unspecified atom stereocenters. The van der Waals surface area contributed by atoms with Crippen LogP contribution in [0.15, 0.2) is 36.4 Å². The van der Waals surface area contributed by atoms with Gasteiger partial charge in [0.1, 0.15) is 0 Å². The normalized spacial score (nSPS) is 21.7. The largest absolute Gasteiger partial charge is 0.328 e. The van der Waals surface area contributed by atoms with Crippen molar-refractivity contribution in [3.63, 3.8) is 0 Å². The van der Waals surface area contributed by atoms with Gasteiger partial charge < -0.3 is 4.90 Å². The number of nitrogens with zero attached hydrogens (tertiary/aromatic N) is 1. The summed E-state index contributed by atoms with van der Waals surface area (Å²) in [5.74, 6) is 0.217. The van der Waals surface area contributed by atoms with E-state index in [0.717, 1.165) is 21.9 Å². The smallest absolute Gasteiger partial charge is 0.223 e. The molecule has 2 aromatic carbocycles. The number of Topliss-reactive ketones (excluding diaryl/α,β-unsaturated/α-hetero) is 1. The van der Waals surface area contributed by atoms with Crippen molar-refractivity contribution in [1.29, 1.82) is 0 Å². The third-order valence-corrected chi connectivity index (χ3v) is 4.27. The monoisotopic (exact) mass is 251 g/mol. The molecule has 2 aromatic rings. The Morgan fingerprint density at radius 1 is 1.05 bits per heavy atom. The first-order valence-corrected chi connectivity index (χ1v) is 6.60. The van der Waals surface area contributed by atoms with Gasteiger partial charge >= 0.3 is 0 Å². The number of ketones is 1. The van der Waals surface area contributed by atoms with Crippen LogP contribution < -0.4 is 0 Å². The Kier molecular flexibility index (Phi) is 2.07. The van der Waals surface area contributed by atoms with Gasteiger partial charge in [0.25, 0.3) is 0 Å². The topological polar surface area (TPSA) is 37.4 Å². The Morgan fingerprint density at radius 2 is 1.89 bits per heavy atom. The zero-order valence-corrected chi connectivity index (χ0v) is 10.4. The fourth-order valence-electron chi connectivity index (χ4n) is 3.29. The predicted octanol–water partition coefficient (Wildman–Crippen LogP) is 2.53. The lowest BCUT2D eigenvalue weighted by molar-refractivity contribution is -0.129. The van der Waals surface area contributed by atoms with Crippen molar-refractivity contribution in [1.82, 2.24) is 4.90 Å². The molecule has 1 atom stereocenters. The highest BCUT2D eigenvalue weighted by atomic mass is 16.2. The molecule has 3 heteroatoms. The number of carbonyl (C=O) groups is 2. The minimum Gasteiger partial charge on any atom is -0.328 e. The van der Waals surface area contributed by atoms with E-state index < -0.39 is 0 Å². The SMILES string of the molecule is O=C1c2ccc3ccccc3c2CN2C(=O)CC[C@H]12. The van der Waals surface area contributed by atoms with Gasteiger partial charge in [-0.2, -0.15) is 0 Å². The zero-order valence-electron chi connectivity index (χ0n) is 10.4. The van der Waals surface area contributed by atoms with E-state index >= 15 is 0 Å². The summed E-state index contributed by atoms with van der Waals surface area (Å²) in [6, 6.07) is 11.7. The number of fused-ring (bicyclic) bond motifs is 4. The van der Waals surface area contributed by atoms with Crippen LogP contribution in [0, 0.1) is 0 Å². The lowest BCUT2D eigenvalue weighted by atomic mass is 9.89. The Bertz CT molecular complexity index is 720. The molecule has 0 saturated carbocycles. The summed E-state index contributed by atoms with van der Waals surface area (Å²) in [6.07, 6.45) is 1.17. The maximum absolute atomic E-state index is 12.5. The zero-order chi connectivity index (χ0) is 13.0. The van der Waals surface area contributed by atoms with E-state index in [1.165, 1.54) is 0 Å². The van der Waals surface area contributed by atoms with Crippen molar-refractivity contribution in [2.75, 3.05) is 0 Å². The van der Waals surface area contributed by atoms with Crippen molar-refractivity contribution in [3.8, 4) is 0 Å². The van der Waals surface area contributed by atoms with E-state index in [1.807, 2.05) is 36.4 Å². The fraction of sp³-hybridized carbons (Fsp3) is 0.250. The van der Waals surface area contributed by atoms with Gasteiger partial charge in [-0.3, -0.25) is 9.59 Å². The predicted molar refractivity (Wildman–Crippen MR) is 71.9 cm³/mol. The van der Waals surface area contributed by atoms with Gasteiger partial charge in [0.2, 0.25) is 5.91 Å². The first-order chi connectivity index (χ1) is 9.25. The summed E-state index contributed by atoms with van der Waals surface area (Å²) in [5, 5.41) is 2.21. The van der Waals surface area contributed by atoms with Gasteiger partial charge in [-0.25, -0.2) is 0 Å². The van der Waals surface area contributed by atoms with E-state index in [-0.39, 0.29) is 17.7 Å². The molecule has 3 nitrogen and oxygen atoms in total. The number of amides is 1. The van der Waals surface area contributed by atoms with Crippen LogP contribution in [0.4, 0.5) is 0 Å². The molecule has 0 aromatic heterocycles. The second kappa shape index (κ2) is 3.67. The molecule has 0 aliphatic carbocycles. The van der Waals surface area contributed by atoms with Crippen LogP contribution >= 0.6 is 0 Å². The highest BCUT2D eigenvalue weighted by Crippen LogP contribution is 2.34. The summed E-state index contributed by atoms with van der Waals surface area (Å²) in [4.78, 5) is 26.1. The quantitative estimate of drug-likeness (QED) is 0.721. The number of benzene rings is 2. The van der Waals surface area contributed by atoms with E-state index in [1.54, 1.807) is 4.90 Å². The average Bonchev–Trinajstić information content (AvgIpc) is 2.81. The van der Waals surface area contributed by atoms with Crippen LogP contribution in [0.5, 0.6) is 0 Å². The first-order valence-electron chi connectivity index (χ1n) is 6.60. The molecule has 2 heterocycles. The van der Waals surface area contributed by atoms with Gasteiger partial charge in [-0.15, -0.1) is 0 Å². The maximum atomic E-state index is 12.5. The third-order valence-electron chi connectivity index (χ3n) is 4.27. The van der Waals surface area contributed by atoms with Gasteiger partial charge in [-0.05, 0) is 22.8 Å². The highest BCUT2D eigenvalue weighted by molar-refractivity contribution is 6.09. The number of hydrogen-bond acceptors (Lipinski definition) is 2. The van der Waals surface area contributed by atoms with Crippen LogP contribution in [-0.2, 0) is 11.3 Å². The van der Waals surface area contributed by atoms with Crippen molar-refractivity contribution < 1.29 is 9.59 Å². The van der Waals surface area contributed by atoms with Crippen LogP contribution in [0.1, 0.15) is 28.8 Å². The maximum Gasteiger partial charge on any atom is 0.223 e. The standard InChI is InChI=1S/C16H13NO2/c18-15-8-7-14-16(19)12-6-5-10-3-1-2-4-11(10)13(12)9-17(14)15/h1-6,14H,7-9H2/t14-/m1/s1. The summed E-state index contributed by atoms with van der Waals surface area (Å²) < 4.78 is 0. The Hall–Kier alpha value is -2.16. The molecule has 2 aliphatic rings. The van der Waals surface area contributed by atoms with Gasteiger partial charge in [0.15, 0.2) is 5.78 Å². The second-order valence-corrected chi connectivity index (χ2v) is 5.25. The molecule has 1 saturated heterocycles. The van der Waals surface area contributed by atoms with Crippen LogP contribution in [0.2, 0.25) is 0 Å². The lowest BCUT2D eigenvalue weighted by Crippen LogP contribution is -2.42. The van der Waals surface area contributed by atoms with Crippen LogP contribution in [0.25, 0.3) is 10.8 Å². The number of carbonyl (C=O) groups excluding carboxylic acids is 2. The fourth-order valence-corrected chi connectivity index (χ4v) is 3.29. The van der Waals surface area contributed by atoms with E-state index in [2.05, 4.69) is 0 Å². The van der Waals surface area contributed by atoms with Gasteiger partial charge in [0.05, 0.1) is 6.04 Å². The van der Waals surface area contributed by atoms with Crippen molar-refractivity contribution in [2.24, 2.45) is 0 Å². The molecule has 2 aliphatic heterocycles. The van der Waals surface area contributed by atoms with Gasteiger partial charge in [-0.1, -0.05) is 36.4 Å². The highest BCUT2D eigenvalue weighted by Gasteiger charge is 2.41. The third kappa shape index (κ3) is 1.38. The number of hydrogen-bond donors (Lipinski definition) is 0. The number of rotatable bonds is 0. The molecule has 1 amide bonds. The van der Waals surface area contributed by atoms with Crippen molar-refractivity contribution in [2.45, 2.75) is 25.4 Å². The van der Waals surface area contributed by atoms with Crippen molar-refractivity contribution in [3.05, 3.63) is 47.5 Å². The molecule has 0 N–H and O–H groups in total. The Morgan fingerprint density at radius 3 is 2.79 bits per heavy atom. The second-order valence-electron chi connectivity index (χ2n) is 5.25. The van der Waals surface area contributed by atoms with Crippen molar-refractivity contribution >= 4 is 22.5 Å². The average molecular weight is 251 g/mol. The summed E-state index contributed by atoms with van der Waals surface area (Å²) in [6.45, 7) is 0.575. The van der Waals surface area contributed by atoms with E-state index in [9.17, 15) is 9.59 Å². The van der Waals surface area contributed by atoms with E-state index in [0.29, 0.717) is 19.4 Å². The Labute approximate surface area is 110 Å². The molecule has 94 valence electrons. The van der Waals surface area contributed by atoms with Crippen LogP contribution in [-0.4, -0.2) is 22.6 Å².